The summed E-state index contributed by atoms with van der Waals surface area (Å²) in [6, 6.07) is 2.01. The third-order valence-corrected chi connectivity index (χ3v) is 3.04. The lowest BCUT2D eigenvalue weighted by Gasteiger charge is -2.28. The fourth-order valence-corrected chi connectivity index (χ4v) is 1.89. The van der Waals surface area contributed by atoms with Crippen LogP contribution in [0.25, 0.3) is 0 Å². The first-order chi connectivity index (χ1) is 6.75. The molecule has 0 aliphatic heterocycles. The highest BCUT2D eigenvalue weighted by Crippen LogP contribution is 2.32. The molecule has 1 fully saturated rings. The Morgan fingerprint density at radius 1 is 1.50 bits per heavy atom. The second-order valence-electron chi connectivity index (χ2n) is 3.67. The summed E-state index contributed by atoms with van der Waals surface area (Å²) in [7, 11) is 0. The quantitative estimate of drug-likeness (QED) is 0.890. The average Bonchev–Trinajstić information content (AvgIpc) is 1.99. The molecule has 0 atom stereocenters. The zero-order valence-corrected chi connectivity index (χ0v) is 9.55. The van der Waals surface area contributed by atoms with Crippen LogP contribution in [-0.2, 0) is 0 Å². The van der Waals surface area contributed by atoms with Gasteiger partial charge in [-0.3, -0.25) is 4.98 Å². The molecule has 0 radical (unpaired) electrons. The van der Waals surface area contributed by atoms with Crippen LogP contribution in [0.2, 0.25) is 0 Å². The standard InChI is InChI=1S/C11H13BrN2/c1-8(9-3-2-4-9)14-11-5-10(12)6-13-7-11/h5-7,9,14H,1-4H2. The molecule has 3 heteroatoms. The first kappa shape index (κ1) is 9.71. The molecule has 1 aromatic heterocycles. The second kappa shape index (κ2) is 4.13. The van der Waals surface area contributed by atoms with E-state index in [1.54, 1.807) is 6.20 Å². The van der Waals surface area contributed by atoms with E-state index in [0.717, 1.165) is 15.9 Å². The number of hydrogen-bond donors (Lipinski definition) is 1. The minimum atomic E-state index is 0.661. The normalized spacial score (nSPS) is 16.1. The summed E-state index contributed by atoms with van der Waals surface area (Å²) in [6.45, 7) is 4.05. The van der Waals surface area contributed by atoms with Crippen molar-refractivity contribution >= 4 is 21.6 Å². The lowest BCUT2D eigenvalue weighted by Crippen LogP contribution is -2.18. The Hall–Kier alpha value is -0.830. The molecule has 2 nitrogen and oxygen atoms in total. The number of allylic oxidation sites excluding steroid dienone is 1. The molecule has 1 heterocycles. The van der Waals surface area contributed by atoms with Gasteiger partial charge in [0.2, 0.25) is 0 Å². The summed E-state index contributed by atoms with van der Waals surface area (Å²) in [5, 5.41) is 3.30. The third kappa shape index (κ3) is 2.15. The average molecular weight is 253 g/mol. The molecule has 0 aromatic carbocycles. The topological polar surface area (TPSA) is 24.9 Å². The highest BCUT2D eigenvalue weighted by molar-refractivity contribution is 9.10. The molecular formula is C11H13BrN2. The van der Waals surface area contributed by atoms with E-state index in [9.17, 15) is 0 Å². The van der Waals surface area contributed by atoms with Gasteiger partial charge in [0.15, 0.2) is 0 Å². The highest BCUT2D eigenvalue weighted by atomic mass is 79.9. The van der Waals surface area contributed by atoms with Crippen molar-refractivity contribution < 1.29 is 0 Å². The maximum Gasteiger partial charge on any atom is 0.0579 e. The Bertz CT molecular complexity index is 345. The third-order valence-electron chi connectivity index (χ3n) is 2.61. The summed E-state index contributed by atoms with van der Waals surface area (Å²) in [5.41, 5.74) is 2.13. The Morgan fingerprint density at radius 2 is 2.29 bits per heavy atom. The summed E-state index contributed by atoms with van der Waals surface area (Å²) in [6.07, 6.45) is 7.47. The minimum Gasteiger partial charge on any atom is -0.358 e. The molecule has 2 rings (SSSR count). The summed E-state index contributed by atoms with van der Waals surface area (Å²) in [5.74, 6) is 0.661. The molecule has 14 heavy (non-hydrogen) atoms. The molecule has 1 aromatic rings. The Kier molecular flexibility index (Phi) is 2.87. The molecule has 1 saturated carbocycles. The van der Waals surface area contributed by atoms with E-state index in [1.807, 2.05) is 12.3 Å². The lowest BCUT2D eigenvalue weighted by molar-refractivity contribution is 0.371. The van der Waals surface area contributed by atoms with Gasteiger partial charge < -0.3 is 5.32 Å². The van der Waals surface area contributed by atoms with Crippen molar-refractivity contribution in [1.29, 1.82) is 0 Å². The zero-order valence-electron chi connectivity index (χ0n) is 7.96. The minimum absolute atomic E-state index is 0.661. The Morgan fingerprint density at radius 3 is 2.86 bits per heavy atom. The zero-order chi connectivity index (χ0) is 9.97. The van der Waals surface area contributed by atoms with Crippen LogP contribution in [0, 0.1) is 5.92 Å². The van der Waals surface area contributed by atoms with Crippen molar-refractivity contribution in [1.82, 2.24) is 4.98 Å². The first-order valence-electron chi connectivity index (χ1n) is 4.82. The van der Waals surface area contributed by atoms with E-state index in [1.165, 1.54) is 19.3 Å². The predicted octanol–water partition coefficient (Wildman–Crippen LogP) is 3.57. The van der Waals surface area contributed by atoms with Gasteiger partial charge in [0.05, 0.1) is 11.9 Å². The molecular weight excluding hydrogens is 240 g/mol. The molecule has 0 bridgehead atoms. The number of rotatable bonds is 3. The van der Waals surface area contributed by atoms with Crippen molar-refractivity contribution in [2.45, 2.75) is 19.3 Å². The van der Waals surface area contributed by atoms with Crippen LogP contribution >= 0.6 is 15.9 Å². The number of halogens is 1. The maximum atomic E-state index is 4.09. The molecule has 1 aliphatic rings. The highest BCUT2D eigenvalue weighted by Gasteiger charge is 2.20. The monoisotopic (exact) mass is 252 g/mol. The van der Waals surface area contributed by atoms with Gasteiger partial charge in [-0.05, 0) is 40.8 Å². The van der Waals surface area contributed by atoms with Crippen molar-refractivity contribution in [2.24, 2.45) is 5.92 Å². The van der Waals surface area contributed by atoms with Crippen molar-refractivity contribution in [3.63, 3.8) is 0 Å². The van der Waals surface area contributed by atoms with Crippen LogP contribution in [0.15, 0.2) is 35.2 Å². The van der Waals surface area contributed by atoms with Crippen molar-refractivity contribution in [3.05, 3.63) is 35.2 Å². The van der Waals surface area contributed by atoms with Gasteiger partial charge in [0.1, 0.15) is 0 Å². The number of hydrogen-bond acceptors (Lipinski definition) is 2. The largest absolute Gasteiger partial charge is 0.358 e. The molecule has 1 aliphatic carbocycles. The summed E-state index contributed by atoms with van der Waals surface area (Å²) < 4.78 is 0.990. The van der Waals surface area contributed by atoms with Gasteiger partial charge in [0.25, 0.3) is 0 Å². The van der Waals surface area contributed by atoms with Gasteiger partial charge in [-0.25, -0.2) is 0 Å². The molecule has 0 saturated heterocycles. The lowest BCUT2D eigenvalue weighted by atomic mass is 9.83. The Labute approximate surface area is 92.6 Å². The fourth-order valence-electron chi connectivity index (χ4n) is 1.52. The fraction of sp³-hybridized carbons (Fsp3) is 0.364. The van der Waals surface area contributed by atoms with Crippen LogP contribution in [0.5, 0.6) is 0 Å². The van der Waals surface area contributed by atoms with Gasteiger partial charge in [0, 0.05) is 16.4 Å². The number of aromatic nitrogens is 1. The van der Waals surface area contributed by atoms with Crippen LogP contribution in [0.4, 0.5) is 5.69 Å². The van der Waals surface area contributed by atoms with Gasteiger partial charge in [-0.1, -0.05) is 13.0 Å². The smallest absolute Gasteiger partial charge is 0.0579 e. The first-order valence-corrected chi connectivity index (χ1v) is 5.61. The number of nitrogens with zero attached hydrogens (tertiary/aromatic N) is 1. The van der Waals surface area contributed by atoms with Crippen molar-refractivity contribution in [2.75, 3.05) is 5.32 Å². The van der Waals surface area contributed by atoms with E-state index >= 15 is 0 Å². The van der Waals surface area contributed by atoms with Crippen LogP contribution < -0.4 is 5.32 Å². The number of nitrogens with one attached hydrogen (secondary N) is 1. The van der Waals surface area contributed by atoms with E-state index in [-0.39, 0.29) is 0 Å². The number of pyridine rings is 1. The van der Waals surface area contributed by atoms with Crippen LogP contribution in [0.1, 0.15) is 19.3 Å². The Balaban J connectivity index is 1.99. The second-order valence-corrected chi connectivity index (χ2v) is 4.59. The summed E-state index contributed by atoms with van der Waals surface area (Å²) >= 11 is 3.39. The van der Waals surface area contributed by atoms with E-state index in [4.69, 9.17) is 0 Å². The molecule has 0 spiro atoms. The SMILES string of the molecule is C=C(Nc1cncc(Br)c1)C1CCC1. The molecule has 0 amide bonds. The predicted molar refractivity (Wildman–Crippen MR) is 62.0 cm³/mol. The van der Waals surface area contributed by atoms with Crippen LogP contribution in [-0.4, -0.2) is 4.98 Å². The van der Waals surface area contributed by atoms with Crippen LogP contribution in [0.3, 0.4) is 0 Å². The van der Waals surface area contributed by atoms with E-state index < -0.39 is 0 Å². The maximum absolute atomic E-state index is 4.09. The molecule has 1 N–H and O–H groups in total. The summed E-state index contributed by atoms with van der Waals surface area (Å²) in [4.78, 5) is 4.09. The van der Waals surface area contributed by atoms with Gasteiger partial charge in [-0.2, -0.15) is 0 Å². The van der Waals surface area contributed by atoms with E-state index in [2.05, 4.69) is 32.8 Å². The molecule has 0 unspecified atom stereocenters. The number of anilines is 1. The van der Waals surface area contributed by atoms with Gasteiger partial charge in [-0.15, -0.1) is 0 Å². The molecule has 74 valence electrons. The van der Waals surface area contributed by atoms with E-state index in [0.29, 0.717) is 5.92 Å². The van der Waals surface area contributed by atoms with Crippen molar-refractivity contribution in [3.8, 4) is 0 Å². The van der Waals surface area contributed by atoms with Gasteiger partial charge >= 0.3 is 0 Å².